The summed E-state index contributed by atoms with van der Waals surface area (Å²) in [6, 6.07) is 1.86. The number of fused-ring (bicyclic) bond motifs is 2. The molecular formula is C19H21ClN8OS. The number of nitrogens with zero attached hydrogens (tertiary/aromatic N) is 7. The second-order valence-electron chi connectivity index (χ2n) is 7.72. The molecule has 9 nitrogen and oxygen atoms in total. The summed E-state index contributed by atoms with van der Waals surface area (Å²) >= 11 is 6.29. The molecule has 1 N–H and O–H groups in total. The minimum Gasteiger partial charge on any atom is -0.344 e. The van der Waals surface area contributed by atoms with Crippen LogP contribution >= 0.6 is 25.1 Å². The quantitative estimate of drug-likeness (QED) is 0.521. The number of H-pyrrole nitrogens is 1. The predicted octanol–water partition coefficient (Wildman–Crippen LogP) is 3.00. The van der Waals surface area contributed by atoms with Crippen LogP contribution in [0.1, 0.15) is 50.0 Å². The molecule has 0 aromatic carbocycles. The van der Waals surface area contributed by atoms with Crippen molar-refractivity contribution in [2.24, 2.45) is 0 Å². The van der Waals surface area contributed by atoms with Gasteiger partial charge in [-0.05, 0) is 38.2 Å². The van der Waals surface area contributed by atoms with Crippen molar-refractivity contribution in [3.05, 3.63) is 46.1 Å². The maximum absolute atomic E-state index is 13.4. The molecule has 4 aromatic heterocycles. The standard InChI is InChI=1S/C19H19ClN8O.H2S/c20-12-6-8-27-15(12)19(29)28(11-3-1-4-11)17(25-27)13-5-2-7-26(13)18-14-16(22-9-21-14)23-10-24-18;/h6,8-11,13H,1-5,7H2,(H,21,22,23,24);1H2/t13-;/m0./s1. The van der Waals surface area contributed by atoms with Crippen LogP contribution in [0.25, 0.3) is 16.7 Å². The summed E-state index contributed by atoms with van der Waals surface area (Å²) in [5.41, 5.74) is 1.83. The first-order chi connectivity index (χ1) is 14.2. The van der Waals surface area contributed by atoms with Gasteiger partial charge in [0.25, 0.3) is 5.56 Å². The molecule has 156 valence electrons. The van der Waals surface area contributed by atoms with Crippen LogP contribution in [0.4, 0.5) is 5.82 Å². The second kappa shape index (κ2) is 7.28. The number of hydrogen-bond donors (Lipinski definition) is 1. The van der Waals surface area contributed by atoms with Crippen molar-refractivity contribution in [1.82, 2.24) is 34.1 Å². The third-order valence-electron chi connectivity index (χ3n) is 6.16. The zero-order valence-electron chi connectivity index (χ0n) is 16.1. The van der Waals surface area contributed by atoms with Gasteiger partial charge in [-0.3, -0.25) is 9.36 Å². The van der Waals surface area contributed by atoms with Gasteiger partial charge in [0.1, 0.15) is 17.4 Å². The van der Waals surface area contributed by atoms with Gasteiger partial charge in [-0.15, -0.1) is 0 Å². The van der Waals surface area contributed by atoms with E-state index >= 15 is 0 Å². The highest BCUT2D eigenvalue weighted by molar-refractivity contribution is 7.59. The summed E-state index contributed by atoms with van der Waals surface area (Å²) in [5, 5.41) is 5.31. The fourth-order valence-corrected chi connectivity index (χ4v) is 4.77. The summed E-state index contributed by atoms with van der Waals surface area (Å²) in [6.07, 6.45) is 9.94. The fourth-order valence-electron chi connectivity index (χ4n) is 4.54. The lowest BCUT2D eigenvalue weighted by Crippen LogP contribution is -2.38. The Morgan fingerprint density at radius 1 is 1.13 bits per heavy atom. The van der Waals surface area contributed by atoms with E-state index in [0.717, 1.165) is 55.8 Å². The van der Waals surface area contributed by atoms with Crippen LogP contribution in [0.2, 0.25) is 5.02 Å². The normalized spacial score (nSPS) is 19.4. The molecule has 4 aromatic rings. The maximum Gasteiger partial charge on any atom is 0.279 e. The molecule has 0 unspecified atom stereocenters. The number of halogens is 1. The van der Waals surface area contributed by atoms with Gasteiger partial charge in [0.2, 0.25) is 0 Å². The molecule has 1 aliphatic heterocycles. The van der Waals surface area contributed by atoms with E-state index in [0.29, 0.717) is 16.2 Å². The third kappa shape index (κ3) is 2.73. The van der Waals surface area contributed by atoms with Crippen LogP contribution in [-0.2, 0) is 0 Å². The molecule has 1 aliphatic carbocycles. The summed E-state index contributed by atoms with van der Waals surface area (Å²) in [4.78, 5) is 31.8. The zero-order valence-corrected chi connectivity index (χ0v) is 17.9. The van der Waals surface area contributed by atoms with Crippen molar-refractivity contribution in [2.45, 2.75) is 44.2 Å². The molecule has 30 heavy (non-hydrogen) atoms. The van der Waals surface area contributed by atoms with Gasteiger partial charge in [0.15, 0.2) is 17.3 Å². The van der Waals surface area contributed by atoms with Gasteiger partial charge in [-0.2, -0.15) is 18.6 Å². The van der Waals surface area contributed by atoms with Gasteiger partial charge in [0.05, 0.1) is 17.4 Å². The second-order valence-corrected chi connectivity index (χ2v) is 8.13. The predicted molar refractivity (Wildman–Crippen MR) is 119 cm³/mol. The van der Waals surface area contributed by atoms with Gasteiger partial charge < -0.3 is 9.88 Å². The smallest absolute Gasteiger partial charge is 0.279 e. The Balaban J connectivity index is 0.00000193. The van der Waals surface area contributed by atoms with Crippen molar-refractivity contribution in [2.75, 3.05) is 11.4 Å². The van der Waals surface area contributed by atoms with Crippen LogP contribution in [0.5, 0.6) is 0 Å². The van der Waals surface area contributed by atoms with Crippen molar-refractivity contribution in [1.29, 1.82) is 0 Å². The number of nitrogens with one attached hydrogen (secondary N) is 1. The highest BCUT2D eigenvalue weighted by Gasteiger charge is 2.36. The van der Waals surface area contributed by atoms with Crippen molar-refractivity contribution >= 4 is 47.6 Å². The van der Waals surface area contributed by atoms with E-state index in [1.165, 1.54) is 6.33 Å². The Bertz CT molecular complexity index is 1290. The third-order valence-corrected chi connectivity index (χ3v) is 6.47. The monoisotopic (exact) mass is 444 g/mol. The minimum absolute atomic E-state index is 0. The average Bonchev–Trinajstić information content (AvgIpc) is 3.41. The number of anilines is 1. The van der Waals surface area contributed by atoms with Gasteiger partial charge in [-0.1, -0.05) is 11.6 Å². The Kier molecular flexibility index (Phi) is 4.70. The molecule has 5 heterocycles. The average molecular weight is 445 g/mol. The van der Waals surface area contributed by atoms with Crippen LogP contribution < -0.4 is 10.5 Å². The molecule has 1 saturated heterocycles. The molecule has 2 aliphatic rings. The van der Waals surface area contributed by atoms with E-state index in [1.54, 1.807) is 23.1 Å². The molecule has 1 saturated carbocycles. The molecule has 0 bridgehead atoms. The minimum atomic E-state index is -0.0593. The zero-order chi connectivity index (χ0) is 19.5. The van der Waals surface area contributed by atoms with Gasteiger partial charge in [-0.25, -0.2) is 19.5 Å². The SMILES string of the molecule is O=c1c2c(Cl)ccn2nc([C@@H]2CCCN2c2ncnc3nc[nH]c23)n1C1CCC1.S. The lowest BCUT2D eigenvalue weighted by atomic mass is 9.92. The van der Waals surface area contributed by atoms with Crippen molar-refractivity contribution in [3.63, 3.8) is 0 Å². The maximum atomic E-state index is 13.4. The Hall–Kier alpha value is -2.59. The van der Waals surface area contributed by atoms with E-state index in [9.17, 15) is 4.79 Å². The Morgan fingerprint density at radius 3 is 2.80 bits per heavy atom. The van der Waals surface area contributed by atoms with E-state index in [-0.39, 0.29) is 31.1 Å². The van der Waals surface area contributed by atoms with Crippen LogP contribution in [0, 0.1) is 0 Å². The van der Waals surface area contributed by atoms with E-state index < -0.39 is 0 Å². The number of rotatable bonds is 3. The first-order valence-corrected chi connectivity index (χ1v) is 10.3. The molecule has 1 atom stereocenters. The molecule has 6 rings (SSSR count). The highest BCUT2D eigenvalue weighted by Crippen LogP contribution is 2.39. The molecule has 0 spiro atoms. The Labute approximate surface area is 183 Å². The molecule has 0 amide bonds. The molecule has 11 heteroatoms. The lowest BCUT2D eigenvalue weighted by molar-refractivity contribution is 0.288. The number of aromatic nitrogens is 7. The van der Waals surface area contributed by atoms with Gasteiger partial charge >= 0.3 is 0 Å². The van der Waals surface area contributed by atoms with E-state index in [4.69, 9.17) is 16.7 Å². The highest BCUT2D eigenvalue weighted by atomic mass is 35.5. The van der Waals surface area contributed by atoms with Crippen molar-refractivity contribution in [3.8, 4) is 0 Å². The first kappa shape index (κ1) is 19.4. The van der Waals surface area contributed by atoms with E-state index in [1.807, 2.05) is 4.57 Å². The fraction of sp³-hybridized carbons (Fsp3) is 0.421. The van der Waals surface area contributed by atoms with Crippen LogP contribution in [0.15, 0.2) is 29.7 Å². The first-order valence-electron chi connectivity index (χ1n) is 9.92. The van der Waals surface area contributed by atoms with Crippen molar-refractivity contribution < 1.29 is 0 Å². The van der Waals surface area contributed by atoms with Gasteiger partial charge in [0, 0.05) is 18.8 Å². The largest absolute Gasteiger partial charge is 0.344 e. The number of aromatic amines is 1. The summed E-state index contributed by atoms with van der Waals surface area (Å²) < 4.78 is 3.51. The lowest BCUT2D eigenvalue weighted by Gasteiger charge is -2.33. The number of imidazole rings is 1. The molecular weight excluding hydrogens is 424 g/mol. The number of hydrogen-bond acceptors (Lipinski definition) is 6. The van der Waals surface area contributed by atoms with E-state index in [2.05, 4.69) is 24.8 Å². The molecule has 0 radical (unpaired) electrons. The summed E-state index contributed by atoms with van der Waals surface area (Å²) in [6.45, 7) is 0.834. The molecule has 2 fully saturated rings. The summed E-state index contributed by atoms with van der Waals surface area (Å²) in [5.74, 6) is 1.58. The topological polar surface area (TPSA) is 97.0 Å². The Morgan fingerprint density at radius 2 is 2.00 bits per heavy atom. The van der Waals surface area contributed by atoms with Crippen LogP contribution in [-0.4, -0.2) is 40.7 Å². The summed E-state index contributed by atoms with van der Waals surface area (Å²) in [7, 11) is 0. The van der Waals surface area contributed by atoms with Crippen LogP contribution in [0.3, 0.4) is 0 Å².